The van der Waals surface area contributed by atoms with Gasteiger partial charge in [-0.2, -0.15) is 0 Å². The lowest BCUT2D eigenvalue weighted by Gasteiger charge is -1.99. The molecule has 0 saturated carbocycles. The molecule has 0 spiro atoms. The molecule has 0 aliphatic heterocycles. The van der Waals surface area contributed by atoms with Crippen molar-refractivity contribution in [2.45, 2.75) is 32.6 Å². The highest BCUT2D eigenvalue weighted by atomic mass is 127. The van der Waals surface area contributed by atoms with Crippen LogP contribution in [0.1, 0.15) is 31.9 Å². The first kappa shape index (κ1) is 12.7. The number of unbranched alkanes of at least 4 members (excludes halogenated alkanes) is 2. The van der Waals surface area contributed by atoms with Gasteiger partial charge in [-0.25, -0.2) is 0 Å². The fraction of sp³-hybridized carbons (Fsp3) is 0.333. The summed E-state index contributed by atoms with van der Waals surface area (Å²) in [6.45, 7) is 2.22. The van der Waals surface area contributed by atoms with E-state index in [-0.39, 0.29) is 0 Å². The molecule has 0 aliphatic rings. The Morgan fingerprint density at radius 3 is 2.59 bits per heavy atom. The molecule has 2 aromatic rings. The zero-order chi connectivity index (χ0) is 12.1. The Bertz CT molecular complexity index is 459. The van der Waals surface area contributed by atoms with Gasteiger partial charge in [-0.3, -0.25) is 0 Å². The number of halogens is 1. The van der Waals surface area contributed by atoms with Crippen LogP contribution in [0.3, 0.4) is 0 Å². The van der Waals surface area contributed by atoms with Gasteiger partial charge < -0.3 is 4.42 Å². The molecule has 0 aliphatic carbocycles. The average Bonchev–Trinajstić information content (AvgIpc) is 2.73. The van der Waals surface area contributed by atoms with E-state index in [0.717, 1.165) is 12.2 Å². The second-order valence-corrected chi connectivity index (χ2v) is 5.29. The molecule has 1 heterocycles. The van der Waals surface area contributed by atoms with Gasteiger partial charge >= 0.3 is 0 Å². The average molecular weight is 340 g/mol. The standard InChI is InChI=1S/C15H17IO/c1-2-3-5-10-14-15(16)13(11-17-14)12-8-6-4-7-9-12/h4,6-9,11H,2-3,5,10H2,1H3. The predicted octanol–water partition coefficient (Wildman–Crippen LogP) is 5.28. The molecule has 0 atom stereocenters. The summed E-state index contributed by atoms with van der Waals surface area (Å²) < 4.78 is 6.96. The summed E-state index contributed by atoms with van der Waals surface area (Å²) >= 11 is 2.40. The summed E-state index contributed by atoms with van der Waals surface area (Å²) in [7, 11) is 0. The number of aryl methyl sites for hydroxylation is 1. The minimum atomic E-state index is 1.05. The molecule has 2 heteroatoms. The van der Waals surface area contributed by atoms with E-state index >= 15 is 0 Å². The van der Waals surface area contributed by atoms with E-state index in [1.54, 1.807) is 0 Å². The first-order valence-corrected chi connectivity index (χ1v) is 7.22. The van der Waals surface area contributed by atoms with Crippen LogP contribution in [0, 0.1) is 3.57 Å². The highest BCUT2D eigenvalue weighted by Gasteiger charge is 2.11. The monoisotopic (exact) mass is 340 g/mol. The second kappa shape index (κ2) is 6.24. The van der Waals surface area contributed by atoms with Gasteiger partial charge in [-0.05, 0) is 34.6 Å². The van der Waals surface area contributed by atoms with Crippen molar-refractivity contribution in [1.29, 1.82) is 0 Å². The third-order valence-corrected chi connectivity index (χ3v) is 4.08. The van der Waals surface area contributed by atoms with Crippen LogP contribution in [0.5, 0.6) is 0 Å². The van der Waals surface area contributed by atoms with Crippen LogP contribution in [0.25, 0.3) is 11.1 Å². The lowest BCUT2D eigenvalue weighted by atomic mass is 10.1. The lowest BCUT2D eigenvalue weighted by molar-refractivity contribution is 0.495. The highest BCUT2D eigenvalue weighted by Crippen LogP contribution is 2.30. The van der Waals surface area contributed by atoms with Crippen LogP contribution < -0.4 is 0 Å². The molecule has 1 nitrogen and oxygen atoms in total. The summed E-state index contributed by atoms with van der Waals surface area (Å²) in [6.07, 6.45) is 6.69. The van der Waals surface area contributed by atoms with Crippen molar-refractivity contribution in [1.82, 2.24) is 0 Å². The minimum Gasteiger partial charge on any atom is -0.468 e. The van der Waals surface area contributed by atoms with Crippen LogP contribution in [0.4, 0.5) is 0 Å². The van der Waals surface area contributed by atoms with Gasteiger partial charge in [0.2, 0.25) is 0 Å². The van der Waals surface area contributed by atoms with Crippen LogP contribution in [0.2, 0.25) is 0 Å². The molecule has 90 valence electrons. The lowest BCUT2D eigenvalue weighted by Crippen LogP contribution is -1.86. The van der Waals surface area contributed by atoms with E-state index in [1.807, 2.05) is 12.3 Å². The SMILES string of the molecule is CCCCCc1occ(-c2ccccc2)c1I. The van der Waals surface area contributed by atoms with Crippen molar-refractivity contribution in [3.63, 3.8) is 0 Å². The van der Waals surface area contributed by atoms with Gasteiger partial charge in [0.25, 0.3) is 0 Å². The van der Waals surface area contributed by atoms with Crippen LogP contribution in [-0.2, 0) is 6.42 Å². The van der Waals surface area contributed by atoms with Crippen LogP contribution >= 0.6 is 22.6 Å². The van der Waals surface area contributed by atoms with E-state index in [9.17, 15) is 0 Å². The van der Waals surface area contributed by atoms with Crippen molar-refractivity contribution < 1.29 is 4.42 Å². The number of hydrogen-bond donors (Lipinski definition) is 0. The van der Waals surface area contributed by atoms with E-state index in [1.165, 1.54) is 34.0 Å². The number of benzene rings is 1. The molecule has 17 heavy (non-hydrogen) atoms. The summed E-state index contributed by atoms with van der Waals surface area (Å²) in [5.41, 5.74) is 2.46. The van der Waals surface area contributed by atoms with Crippen molar-refractivity contribution >= 4 is 22.6 Å². The van der Waals surface area contributed by atoms with Gasteiger partial charge in [0.15, 0.2) is 0 Å². The van der Waals surface area contributed by atoms with E-state index in [0.29, 0.717) is 0 Å². The Morgan fingerprint density at radius 2 is 1.88 bits per heavy atom. The Kier molecular flexibility index (Phi) is 4.66. The molecule has 0 fully saturated rings. The van der Waals surface area contributed by atoms with Crippen molar-refractivity contribution in [2.75, 3.05) is 0 Å². The van der Waals surface area contributed by atoms with Gasteiger partial charge in [-0.1, -0.05) is 50.1 Å². The largest absolute Gasteiger partial charge is 0.468 e. The quantitative estimate of drug-likeness (QED) is 0.533. The fourth-order valence-electron chi connectivity index (χ4n) is 1.90. The molecule has 2 rings (SSSR count). The van der Waals surface area contributed by atoms with E-state index in [4.69, 9.17) is 4.42 Å². The Labute approximate surface area is 116 Å². The first-order chi connectivity index (χ1) is 8.33. The van der Waals surface area contributed by atoms with Crippen molar-refractivity contribution in [3.05, 3.63) is 45.9 Å². The van der Waals surface area contributed by atoms with Gasteiger partial charge in [0.1, 0.15) is 5.76 Å². The molecule has 1 aromatic heterocycles. The molecule has 1 aromatic carbocycles. The first-order valence-electron chi connectivity index (χ1n) is 6.14. The van der Waals surface area contributed by atoms with Gasteiger partial charge in [-0.15, -0.1) is 0 Å². The fourth-order valence-corrected chi connectivity index (χ4v) is 2.74. The van der Waals surface area contributed by atoms with Gasteiger partial charge in [0, 0.05) is 12.0 Å². The molecule has 0 bridgehead atoms. The zero-order valence-corrected chi connectivity index (χ0v) is 12.2. The Balaban J connectivity index is 2.15. The molecule has 0 N–H and O–H groups in total. The number of rotatable bonds is 5. The van der Waals surface area contributed by atoms with Crippen molar-refractivity contribution in [3.8, 4) is 11.1 Å². The maximum atomic E-state index is 5.69. The predicted molar refractivity (Wildman–Crippen MR) is 80.1 cm³/mol. The molecule has 0 unspecified atom stereocenters. The van der Waals surface area contributed by atoms with Crippen LogP contribution in [0.15, 0.2) is 41.0 Å². The number of furan rings is 1. The normalized spacial score (nSPS) is 10.7. The Morgan fingerprint density at radius 1 is 1.12 bits per heavy atom. The third-order valence-electron chi connectivity index (χ3n) is 2.89. The zero-order valence-electron chi connectivity index (χ0n) is 10.1. The molecule has 0 saturated heterocycles. The van der Waals surface area contributed by atoms with E-state index < -0.39 is 0 Å². The second-order valence-electron chi connectivity index (χ2n) is 4.21. The highest BCUT2D eigenvalue weighted by molar-refractivity contribution is 14.1. The summed E-state index contributed by atoms with van der Waals surface area (Å²) in [5, 5.41) is 0. The molecule has 0 radical (unpaired) electrons. The Hall–Kier alpha value is -0.770. The summed E-state index contributed by atoms with van der Waals surface area (Å²) in [5.74, 6) is 1.14. The minimum absolute atomic E-state index is 1.05. The molecule has 0 amide bonds. The maximum absolute atomic E-state index is 5.69. The van der Waals surface area contributed by atoms with Crippen molar-refractivity contribution in [2.24, 2.45) is 0 Å². The topological polar surface area (TPSA) is 13.1 Å². The molecular formula is C15H17IO. The van der Waals surface area contributed by atoms with E-state index in [2.05, 4.69) is 53.8 Å². The van der Waals surface area contributed by atoms with Crippen LogP contribution in [-0.4, -0.2) is 0 Å². The maximum Gasteiger partial charge on any atom is 0.117 e. The summed E-state index contributed by atoms with van der Waals surface area (Å²) in [4.78, 5) is 0. The third kappa shape index (κ3) is 3.12. The van der Waals surface area contributed by atoms with Gasteiger partial charge in [0.05, 0.1) is 9.83 Å². The molecular weight excluding hydrogens is 323 g/mol. The summed E-state index contributed by atoms with van der Waals surface area (Å²) in [6, 6.07) is 10.4. The number of hydrogen-bond acceptors (Lipinski definition) is 1. The smallest absolute Gasteiger partial charge is 0.117 e.